The number of aromatic nitrogens is 1. The Morgan fingerprint density at radius 2 is 1.41 bits per heavy atom. The van der Waals surface area contributed by atoms with Crippen LogP contribution in [0.1, 0.15) is 15.9 Å². The van der Waals surface area contributed by atoms with Gasteiger partial charge in [0.15, 0.2) is 23.3 Å². The normalized spacial score (nSPS) is 11.3. The third-order valence-corrected chi connectivity index (χ3v) is 4.63. The van der Waals surface area contributed by atoms with E-state index in [4.69, 9.17) is 0 Å². The fourth-order valence-electron chi connectivity index (χ4n) is 3.07. The van der Waals surface area contributed by atoms with Crippen LogP contribution in [0.25, 0.3) is 22.2 Å². The molecule has 4 aromatic rings. The second-order valence-electron chi connectivity index (χ2n) is 6.62. The summed E-state index contributed by atoms with van der Waals surface area (Å²) in [6.45, 7) is 0. The number of fused-ring (bicyclic) bond motifs is 1. The van der Waals surface area contributed by atoms with Gasteiger partial charge in [0.05, 0.1) is 28.6 Å². The van der Waals surface area contributed by atoms with Gasteiger partial charge in [-0.25, -0.2) is 32.4 Å². The number of hydrogen-bond donors (Lipinski definition) is 1. The lowest BCUT2D eigenvalue weighted by atomic mass is 10.0. The van der Waals surface area contributed by atoms with Gasteiger partial charge < -0.3 is 0 Å². The van der Waals surface area contributed by atoms with E-state index in [1.807, 2.05) is 6.07 Å². The smallest absolute Gasteiger partial charge is 0.267 e. The molecule has 1 N–H and O–H groups in total. The lowest BCUT2D eigenvalue weighted by Gasteiger charge is -2.09. The maximum Gasteiger partial charge on any atom is 0.272 e. The van der Waals surface area contributed by atoms with Gasteiger partial charge in [-0.05, 0) is 12.1 Å². The van der Waals surface area contributed by atoms with Gasteiger partial charge in [-0.15, -0.1) is 0 Å². The number of nitrogens with one attached hydrogen (secondary N) is 1. The molecule has 160 valence electrons. The van der Waals surface area contributed by atoms with E-state index in [2.05, 4.69) is 15.5 Å². The van der Waals surface area contributed by atoms with Crippen LogP contribution in [0.4, 0.5) is 22.0 Å². The van der Waals surface area contributed by atoms with E-state index in [-0.39, 0.29) is 5.56 Å². The number of amides is 1. The van der Waals surface area contributed by atoms with Gasteiger partial charge in [-0.2, -0.15) is 5.10 Å². The van der Waals surface area contributed by atoms with E-state index in [0.717, 1.165) is 5.56 Å². The number of hydrazone groups is 1. The number of pyridine rings is 1. The summed E-state index contributed by atoms with van der Waals surface area (Å²) >= 11 is 0. The molecule has 3 aromatic carbocycles. The summed E-state index contributed by atoms with van der Waals surface area (Å²) in [5.74, 6) is -11.4. The molecule has 1 aromatic heterocycles. The fraction of sp³-hybridized carbons (Fsp3) is 0. The number of rotatable bonds is 4. The third kappa shape index (κ3) is 3.80. The highest BCUT2D eigenvalue weighted by atomic mass is 19.2. The zero-order chi connectivity index (χ0) is 22.8. The molecule has 1 amide bonds. The molecule has 0 aliphatic rings. The molecule has 0 atom stereocenters. The molecule has 0 bridgehead atoms. The molecule has 0 radical (unpaired) electrons. The van der Waals surface area contributed by atoms with Crippen LogP contribution in [0.3, 0.4) is 0 Å². The molecule has 4 rings (SSSR count). The van der Waals surface area contributed by atoms with E-state index in [0.29, 0.717) is 22.8 Å². The SMILES string of the molecule is O=C(N/N=C/c1c(F)c(F)c(F)c(F)c1F)c1cc(-c2ccccc2)nc2ccccc12. The number of carbonyl (C=O) groups excluding carboxylic acids is 1. The number of halogens is 5. The van der Waals surface area contributed by atoms with Crippen LogP contribution < -0.4 is 5.43 Å². The predicted octanol–water partition coefficient (Wildman–Crippen LogP) is 5.36. The number of hydrogen-bond acceptors (Lipinski definition) is 3. The van der Waals surface area contributed by atoms with Crippen molar-refractivity contribution < 1.29 is 26.7 Å². The minimum Gasteiger partial charge on any atom is -0.267 e. The van der Waals surface area contributed by atoms with Crippen LogP contribution in [-0.2, 0) is 0 Å². The molecule has 0 aliphatic heterocycles. The first-order valence-corrected chi connectivity index (χ1v) is 9.18. The van der Waals surface area contributed by atoms with Gasteiger partial charge in [-0.1, -0.05) is 48.5 Å². The first-order valence-electron chi connectivity index (χ1n) is 9.18. The average Bonchev–Trinajstić information content (AvgIpc) is 2.83. The molecule has 0 fully saturated rings. The quantitative estimate of drug-likeness (QED) is 0.152. The highest BCUT2D eigenvalue weighted by Gasteiger charge is 2.24. The Hall–Kier alpha value is -4.14. The molecule has 0 saturated carbocycles. The van der Waals surface area contributed by atoms with Crippen molar-refractivity contribution in [2.24, 2.45) is 5.10 Å². The van der Waals surface area contributed by atoms with Gasteiger partial charge in [0.2, 0.25) is 5.82 Å². The summed E-state index contributed by atoms with van der Waals surface area (Å²) in [5, 5.41) is 3.86. The second kappa shape index (κ2) is 8.54. The Morgan fingerprint density at radius 3 is 2.09 bits per heavy atom. The van der Waals surface area contributed by atoms with Crippen LogP contribution in [0.5, 0.6) is 0 Å². The molecular weight excluding hydrogens is 429 g/mol. The highest BCUT2D eigenvalue weighted by molar-refractivity contribution is 6.07. The van der Waals surface area contributed by atoms with Gasteiger partial charge >= 0.3 is 0 Å². The third-order valence-electron chi connectivity index (χ3n) is 4.63. The maximum absolute atomic E-state index is 13.8. The monoisotopic (exact) mass is 441 g/mol. The van der Waals surface area contributed by atoms with Crippen LogP contribution >= 0.6 is 0 Å². The number of nitrogens with zero attached hydrogens (tertiary/aromatic N) is 2. The van der Waals surface area contributed by atoms with Gasteiger partial charge in [-0.3, -0.25) is 4.79 Å². The first kappa shape index (κ1) is 21.1. The van der Waals surface area contributed by atoms with Crippen LogP contribution in [0.2, 0.25) is 0 Å². The van der Waals surface area contributed by atoms with Crippen molar-refractivity contribution in [2.45, 2.75) is 0 Å². The Balaban J connectivity index is 1.70. The van der Waals surface area contributed by atoms with Gasteiger partial charge in [0, 0.05) is 10.9 Å². The van der Waals surface area contributed by atoms with E-state index < -0.39 is 40.6 Å². The Morgan fingerprint density at radius 1 is 0.812 bits per heavy atom. The molecule has 9 heteroatoms. The summed E-state index contributed by atoms with van der Waals surface area (Å²) in [4.78, 5) is 17.3. The molecule has 4 nitrogen and oxygen atoms in total. The van der Waals surface area contributed by atoms with Crippen molar-refractivity contribution in [3.8, 4) is 11.3 Å². The van der Waals surface area contributed by atoms with Crippen molar-refractivity contribution in [3.05, 3.63) is 101 Å². The zero-order valence-corrected chi connectivity index (χ0v) is 16.0. The molecule has 0 saturated heterocycles. The summed E-state index contributed by atoms with van der Waals surface area (Å²) in [5.41, 5.74) is 2.70. The van der Waals surface area contributed by atoms with E-state index >= 15 is 0 Å². The molecular formula is C23H12F5N3O. The Labute approximate surface area is 178 Å². The average molecular weight is 441 g/mol. The maximum atomic E-state index is 13.8. The Kier molecular flexibility index (Phi) is 5.63. The summed E-state index contributed by atoms with van der Waals surface area (Å²) < 4.78 is 67.3. The van der Waals surface area contributed by atoms with E-state index in [9.17, 15) is 26.7 Å². The van der Waals surface area contributed by atoms with E-state index in [1.54, 1.807) is 48.5 Å². The zero-order valence-electron chi connectivity index (χ0n) is 16.0. The van der Waals surface area contributed by atoms with Crippen LogP contribution in [-0.4, -0.2) is 17.1 Å². The van der Waals surface area contributed by atoms with Crippen molar-refractivity contribution in [1.29, 1.82) is 0 Å². The second-order valence-corrected chi connectivity index (χ2v) is 6.62. The molecule has 0 aliphatic carbocycles. The van der Waals surface area contributed by atoms with Crippen molar-refractivity contribution in [2.75, 3.05) is 0 Å². The fourth-order valence-corrected chi connectivity index (χ4v) is 3.07. The minimum absolute atomic E-state index is 0.156. The van der Waals surface area contributed by atoms with Crippen molar-refractivity contribution >= 4 is 23.0 Å². The molecule has 32 heavy (non-hydrogen) atoms. The van der Waals surface area contributed by atoms with Crippen molar-refractivity contribution in [3.63, 3.8) is 0 Å². The largest absolute Gasteiger partial charge is 0.272 e. The van der Waals surface area contributed by atoms with E-state index in [1.165, 1.54) is 6.07 Å². The molecule has 0 unspecified atom stereocenters. The summed E-state index contributed by atoms with van der Waals surface area (Å²) in [7, 11) is 0. The van der Waals surface area contributed by atoms with Gasteiger partial charge in [0.1, 0.15) is 0 Å². The summed E-state index contributed by atoms with van der Waals surface area (Å²) in [6.07, 6.45) is 0.357. The number of benzene rings is 3. The first-order chi connectivity index (χ1) is 15.4. The molecule has 1 heterocycles. The topological polar surface area (TPSA) is 54.4 Å². The highest BCUT2D eigenvalue weighted by Crippen LogP contribution is 2.25. The lowest BCUT2D eigenvalue weighted by molar-refractivity contribution is 0.0956. The van der Waals surface area contributed by atoms with Crippen LogP contribution in [0, 0.1) is 29.1 Å². The Bertz CT molecular complexity index is 1340. The number of para-hydroxylation sites is 1. The summed E-state index contributed by atoms with van der Waals surface area (Å²) in [6, 6.07) is 17.4. The predicted molar refractivity (Wildman–Crippen MR) is 108 cm³/mol. The minimum atomic E-state index is -2.28. The van der Waals surface area contributed by atoms with Gasteiger partial charge in [0.25, 0.3) is 5.91 Å². The van der Waals surface area contributed by atoms with Crippen molar-refractivity contribution in [1.82, 2.24) is 10.4 Å². The number of carbonyl (C=O) groups is 1. The standard InChI is InChI=1S/C23H12F5N3O/c24-18-15(19(25)21(27)22(28)20(18)26)11-29-31-23(32)14-10-17(12-6-2-1-3-7-12)30-16-9-5-4-8-13(14)16/h1-11H,(H,31,32)/b29-11+. The van der Waals surface area contributed by atoms with Crippen LogP contribution in [0.15, 0.2) is 65.8 Å². The lowest BCUT2D eigenvalue weighted by Crippen LogP contribution is -2.19. The molecule has 0 spiro atoms.